The Bertz CT molecular complexity index is 91.0. The SMILES string of the molecule is C=C(O)OCC(O)CO. The lowest BCUT2D eigenvalue weighted by Gasteiger charge is -2.06. The normalized spacial score (nSPS) is 12.7. The first-order valence-corrected chi connectivity index (χ1v) is 2.46. The van der Waals surface area contributed by atoms with E-state index in [2.05, 4.69) is 11.3 Å². The molecule has 0 saturated heterocycles. The van der Waals surface area contributed by atoms with Gasteiger partial charge < -0.3 is 20.1 Å². The number of ether oxygens (including phenoxy) is 1. The zero-order valence-electron chi connectivity index (χ0n) is 4.95. The van der Waals surface area contributed by atoms with Crippen molar-refractivity contribution in [1.82, 2.24) is 0 Å². The van der Waals surface area contributed by atoms with Crippen molar-refractivity contribution >= 4 is 0 Å². The molecule has 0 rings (SSSR count). The van der Waals surface area contributed by atoms with E-state index < -0.39 is 12.0 Å². The van der Waals surface area contributed by atoms with Crippen molar-refractivity contribution in [3.63, 3.8) is 0 Å². The summed E-state index contributed by atoms with van der Waals surface area (Å²) >= 11 is 0. The lowest BCUT2D eigenvalue weighted by molar-refractivity contribution is -0.000257. The van der Waals surface area contributed by atoms with E-state index >= 15 is 0 Å². The van der Waals surface area contributed by atoms with Gasteiger partial charge in [-0.15, -0.1) is 0 Å². The molecule has 0 saturated carbocycles. The molecule has 0 amide bonds. The Morgan fingerprint density at radius 3 is 2.56 bits per heavy atom. The van der Waals surface area contributed by atoms with Gasteiger partial charge in [-0.1, -0.05) is 0 Å². The Morgan fingerprint density at radius 2 is 2.22 bits per heavy atom. The highest BCUT2D eigenvalue weighted by Gasteiger charge is 2.01. The summed E-state index contributed by atoms with van der Waals surface area (Å²) < 4.78 is 4.35. The van der Waals surface area contributed by atoms with E-state index in [9.17, 15) is 0 Å². The van der Waals surface area contributed by atoms with Crippen LogP contribution in [0.1, 0.15) is 0 Å². The van der Waals surface area contributed by atoms with Crippen molar-refractivity contribution in [2.45, 2.75) is 6.10 Å². The zero-order valence-corrected chi connectivity index (χ0v) is 4.95. The lowest BCUT2D eigenvalue weighted by atomic mass is 10.4. The summed E-state index contributed by atoms with van der Waals surface area (Å²) in [6, 6.07) is 0. The first-order chi connectivity index (χ1) is 4.16. The second-order valence-electron chi connectivity index (χ2n) is 1.54. The van der Waals surface area contributed by atoms with Crippen LogP contribution in [-0.2, 0) is 4.74 Å². The van der Waals surface area contributed by atoms with Crippen molar-refractivity contribution in [3.05, 3.63) is 12.5 Å². The molecule has 0 fully saturated rings. The van der Waals surface area contributed by atoms with Gasteiger partial charge in [-0.3, -0.25) is 0 Å². The molecule has 4 nitrogen and oxygen atoms in total. The molecule has 0 bridgehead atoms. The van der Waals surface area contributed by atoms with E-state index in [1.807, 2.05) is 0 Å². The standard InChI is InChI=1S/C5H10O4/c1-4(7)9-3-5(8)2-6/h5-8H,1-3H2. The molecule has 0 aromatic carbocycles. The average molecular weight is 134 g/mol. The first kappa shape index (κ1) is 8.26. The summed E-state index contributed by atoms with van der Waals surface area (Å²) in [4.78, 5) is 0. The topological polar surface area (TPSA) is 69.9 Å². The summed E-state index contributed by atoms with van der Waals surface area (Å²) in [7, 11) is 0. The Morgan fingerprint density at radius 1 is 1.67 bits per heavy atom. The minimum Gasteiger partial charge on any atom is -0.481 e. The van der Waals surface area contributed by atoms with Crippen LogP contribution < -0.4 is 0 Å². The highest BCUT2D eigenvalue weighted by Crippen LogP contribution is 1.88. The maximum absolute atomic E-state index is 8.58. The first-order valence-electron chi connectivity index (χ1n) is 2.46. The maximum atomic E-state index is 8.58. The molecular weight excluding hydrogens is 124 g/mol. The van der Waals surface area contributed by atoms with Gasteiger partial charge in [0, 0.05) is 0 Å². The number of hydrogen-bond donors (Lipinski definition) is 3. The third-order valence-electron chi connectivity index (χ3n) is 0.653. The second-order valence-corrected chi connectivity index (χ2v) is 1.54. The van der Waals surface area contributed by atoms with Gasteiger partial charge in [-0.2, -0.15) is 0 Å². The molecular formula is C5H10O4. The van der Waals surface area contributed by atoms with Gasteiger partial charge in [0.1, 0.15) is 12.7 Å². The molecule has 0 aromatic heterocycles. The summed E-state index contributed by atoms with van der Waals surface area (Å²) in [5, 5.41) is 25.1. The van der Waals surface area contributed by atoms with Crippen LogP contribution in [0.5, 0.6) is 0 Å². The molecule has 1 unspecified atom stereocenters. The molecule has 3 N–H and O–H groups in total. The third-order valence-corrected chi connectivity index (χ3v) is 0.653. The van der Waals surface area contributed by atoms with Crippen molar-refractivity contribution < 1.29 is 20.1 Å². The van der Waals surface area contributed by atoms with Crippen LogP contribution in [0.2, 0.25) is 0 Å². The van der Waals surface area contributed by atoms with E-state index in [0.717, 1.165) is 0 Å². The largest absolute Gasteiger partial charge is 0.481 e. The van der Waals surface area contributed by atoms with Crippen LogP contribution in [0.3, 0.4) is 0 Å². The summed E-state index contributed by atoms with van der Waals surface area (Å²) in [5.74, 6) is -0.456. The molecule has 9 heavy (non-hydrogen) atoms. The smallest absolute Gasteiger partial charge is 0.269 e. The van der Waals surface area contributed by atoms with Crippen LogP contribution in [-0.4, -0.2) is 34.6 Å². The van der Waals surface area contributed by atoms with Gasteiger partial charge in [0.25, 0.3) is 5.95 Å². The highest BCUT2D eigenvalue weighted by molar-refractivity contribution is 4.64. The average Bonchev–Trinajstić information content (AvgIpc) is 1.83. The maximum Gasteiger partial charge on any atom is 0.269 e. The Labute approximate surface area is 53.0 Å². The van der Waals surface area contributed by atoms with E-state index in [4.69, 9.17) is 15.3 Å². The van der Waals surface area contributed by atoms with Gasteiger partial charge in [-0.05, 0) is 6.58 Å². The highest BCUT2D eigenvalue weighted by atomic mass is 16.6. The summed E-state index contributed by atoms with van der Waals surface area (Å²) in [6.45, 7) is 2.49. The van der Waals surface area contributed by atoms with Crippen LogP contribution in [0, 0.1) is 0 Å². The van der Waals surface area contributed by atoms with Gasteiger partial charge in [0.15, 0.2) is 0 Å². The number of hydrogen-bond acceptors (Lipinski definition) is 4. The van der Waals surface area contributed by atoms with E-state index in [-0.39, 0.29) is 13.2 Å². The van der Waals surface area contributed by atoms with E-state index in [0.29, 0.717) is 0 Å². The van der Waals surface area contributed by atoms with E-state index in [1.54, 1.807) is 0 Å². The molecule has 4 heteroatoms. The van der Waals surface area contributed by atoms with Gasteiger partial charge >= 0.3 is 0 Å². The molecule has 0 aliphatic rings. The minimum atomic E-state index is -0.950. The fourth-order valence-electron chi connectivity index (χ4n) is 0.245. The fraction of sp³-hybridized carbons (Fsp3) is 0.600. The van der Waals surface area contributed by atoms with Crippen molar-refractivity contribution in [2.75, 3.05) is 13.2 Å². The van der Waals surface area contributed by atoms with Crippen LogP contribution in [0.25, 0.3) is 0 Å². The quantitative estimate of drug-likeness (QED) is 0.448. The minimum absolute atomic E-state index is 0.133. The van der Waals surface area contributed by atoms with Crippen molar-refractivity contribution in [1.29, 1.82) is 0 Å². The molecule has 0 aliphatic carbocycles. The Hall–Kier alpha value is -0.740. The van der Waals surface area contributed by atoms with Crippen molar-refractivity contribution in [3.8, 4) is 0 Å². The lowest BCUT2D eigenvalue weighted by Crippen LogP contribution is -2.18. The van der Waals surface area contributed by atoms with Crippen LogP contribution in [0.4, 0.5) is 0 Å². The zero-order chi connectivity index (χ0) is 7.28. The van der Waals surface area contributed by atoms with Crippen LogP contribution >= 0.6 is 0 Å². The fourth-order valence-corrected chi connectivity index (χ4v) is 0.245. The molecule has 0 spiro atoms. The monoisotopic (exact) mass is 134 g/mol. The van der Waals surface area contributed by atoms with Crippen molar-refractivity contribution in [2.24, 2.45) is 0 Å². The van der Waals surface area contributed by atoms with Gasteiger partial charge in [-0.25, -0.2) is 0 Å². The molecule has 0 aromatic rings. The predicted octanol–water partition coefficient (Wildman–Crippen LogP) is -0.615. The molecule has 0 heterocycles. The third kappa shape index (κ3) is 5.13. The Kier molecular flexibility index (Phi) is 3.83. The van der Waals surface area contributed by atoms with E-state index in [1.165, 1.54) is 0 Å². The summed E-state index contributed by atoms with van der Waals surface area (Å²) in [5.41, 5.74) is 0. The molecule has 0 radical (unpaired) electrons. The molecule has 54 valence electrons. The number of aliphatic hydroxyl groups excluding tert-OH is 3. The Balaban J connectivity index is 3.16. The predicted molar refractivity (Wildman–Crippen MR) is 30.8 cm³/mol. The number of aliphatic hydroxyl groups is 3. The second kappa shape index (κ2) is 4.17. The van der Waals surface area contributed by atoms with Gasteiger partial charge in [0.2, 0.25) is 0 Å². The van der Waals surface area contributed by atoms with Crippen LogP contribution in [0.15, 0.2) is 12.5 Å². The number of rotatable bonds is 4. The molecule has 0 aliphatic heterocycles. The molecule has 1 atom stereocenters. The summed E-state index contributed by atoms with van der Waals surface area (Å²) in [6.07, 6.45) is -0.950. The van der Waals surface area contributed by atoms with Gasteiger partial charge in [0.05, 0.1) is 6.61 Å².